The van der Waals surface area contributed by atoms with E-state index in [1.807, 2.05) is 49.4 Å². The predicted molar refractivity (Wildman–Crippen MR) is 99.9 cm³/mol. The van der Waals surface area contributed by atoms with E-state index < -0.39 is 6.10 Å². The lowest BCUT2D eigenvalue weighted by molar-refractivity contribution is -0.122. The van der Waals surface area contributed by atoms with E-state index in [-0.39, 0.29) is 5.91 Å². The number of nitrogens with one attached hydrogen (secondary N) is 1. The predicted octanol–water partition coefficient (Wildman–Crippen LogP) is 4.17. The molecule has 0 aliphatic rings. The third kappa shape index (κ3) is 4.42. The fraction of sp³-hybridized carbons (Fsp3) is 0.211. The maximum atomic E-state index is 12.2. The lowest BCUT2D eigenvalue weighted by Crippen LogP contribution is -2.30. The molecule has 0 aliphatic heterocycles. The maximum absolute atomic E-state index is 12.2. The van der Waals surface area contributed by atoms with Gasteiger partial charge in [0.2, 0.25) is 5.13 Å². The molecule has 5 nitrogen and oxygen atoms in total. The monoisotopic (exact) mass is 353 g/mol. The van der Waals surface area contributed by atoms with E-state index in [0.717, 1.165) is 22.6 Å². The van der Waals surface area contributed by atoms with Crippen LogP contribution in [-0.2, 0) is 11.2 Å². The van der Waals surface area contributed by atoms with E-state index in [9.17, 15) is 4.79 Å². The minimum atomic E-state index is -0.628. The lowest BCUT2D eigenvalue weighted by atomic mass is 10.1. The zero-order chi connectivity index (χ0) is 17.6. The Morgan fingerprint density at radius 3 is 2.40 bits per heavy atom. The molecule has 1 aromatic heterocycles. The highest BCUT2D eigenvalue weighted by Gasteiger charge is 2.16. The minimum Gasteiger partial charge on any atom is -0.481 e. The Labute approximate surface area is 150 Å². The van der Waals surface area contributed by atoms with Crippen molar-refractivity contribution in [2.45, 2.75) is 26.4 Å². The number of amides is 1. The molecule has 0 fully saturated rings. The molecular formula is C19H19N3O2S. The van der Waals surface area contributed by atoms with Crippen LogP contribution in [0.4, 0.5) is 5.13 Å². The Morgan fingerprint density at radius 2 is 1.76 bits per heavy atom. The van der Waals surface area contributed by atoms with Crippen molar-refractivity contribution in [3.8, 4) is 16.9 Å². The normalized spacial score (nSPS) is 11.8. The summed E-state index contributed by atoms with van der Waals surface area (Å²) in [5.74, 6) is 0.403. The Morgan fingerprint density at radius 1 is 1.08 bits per heavy atom. The number of aromatic nitrogens is 2. The highest BCUT2D eigenvalue weighted by atomic mass is 32.1. The quantitative estimate of drug-likeness (QED) is 0.722. The molecular weight excluding hydrogens is 334 g/mol. The third-order valence-electron chi connectivity index (χ3n) is 3.64. The van der Waals surface area contributed by atoms with Gasteiger partial charge in [0.05, 0.1) is 0 Å². The van der Waals surface area contributed by atoms with Crippen LogP contribution in [0.1, 0.15) is 18.9 Å². The van der Waals surface area contributed by atoms with Crippen LogP contribution in [0.3, 0.4) is 0 Å². The average Bonchev–Trinajstić information content (AvgIpc) is 3.10. The molecule has 0 bridgehead atoms. The first kappa shape index (κ1) is 17.1. The van der Waals surface area contributed by atoms with Crippen molar-refractivity contribution in [2.24, 2.45) is 0 Å². The standard InChI is InChI=1S/C19H19N3O2S/c1-3-17-21-22-19(25-17)20-18(23)13(2)24-16-11-9-15(10-12-16)14-7-5-4-6-8-14/h4-13H,3H2,1-2H3,(H,20,22,23). The number of carbonyl (C=O) groups excluding carboxylic acids is 1. The molecule has 1 atom stereocenters. The molecule has 2 aromatic carbocycles. The smallest absolute Gasteiger partial charge is 0.266 e. The summed E-state index contributed by atoms with van der Waals surface area (Å²) in [5.41, 5.74) is 2.24. The van der Waals surface area contributed by atoms with E-state index in [1.165, 1.54) is 11.3 Å². The van der Waals surface area contributed by atoms with Crippen molar-refractivity contribution >= 4 is 22.4 Å². The van der Waals surface area contributed by atoms with Gasteiger partial charge in [-0.3, -0.25) is 10.1 Å². The molecule has 0 spiro atoms. The van der Waals surface area contributed by atoms with Gasteiger partial charge in [0.25, 0.3) is 5.91 Å². The summed E-state index contributed by atoms with van der Waals surface area (Å²) in [6.45, 7) is 3.71. The Bertz CT molecular complexity index is 831. The second-order valence-electron chi connectivity index (χ2n) is 5.49. The Hall–Kier alpha value is -2.73. The highest BCUT2D eigenvalue weighted by Crippen LogP contribution is 2.23. The Kier molecular flexibility index (Phi) is 5.40. The number of ether oxygens (including phenoxy) is 1. The van der Waals surface area contributed by atoms with E-state index in [4.69, 9.17) is 4.74 Å². The van der Waals surface area contributed by atoms with E-state index in [1.54, 1.807) is 6.92 Å². The summed E-state index contributed by atoms with van der Waals surface area (Å²) in [7, 11) is 0. The number of hydrogen-bond donors (Lipinski definition) is 1. The molecule has 6 heteroatoms. The first-order valence-corrected chi connectivity index (χ1v) is 8.92. The van der Waals surface area contributed by atoms with Gasteiger partial charge in [-0.25, -0.2) is 0 Å². The molecule has 128 valence electrons. The van der Waals surface area contributed by atoms with Gasteiger partial charge in [-0.1, -0.05) is 60.7 Å². The molecule has 1 N–H and O–H groups in total. The summed E-state index contributed by atoms with van der Waals surface area (Å²) >= 11 is 1.37. The SMILES string of the molecule is CCc1nnc(NC(=O)C(C)Oc2ccc(-c3ccccc3)cc2)s1. The molecule has 25 heavy (non-hydrogen) atoms. The van der Waals surface area contributed by atoms with Crippen molar-refractivity contribution in [1.82, 2.24) is 10.2 Å². The Balaban J connectivity index is 1.60. The highest BCUT2D eigenvalue weighted by molar-refractivity contribution is 7.15. The zero-order valence-electron chi connectivity index (χ0n) is 14.1. The molecule has 0 saturated carbocycles. The van der Waals surface area contributed by atoms with Crippen molar-refractivity contribution < 1.29 is 9.53 Å². The number of rotatable bonds is 6. The molecule has 0 radical (unpaired) electrons. The first-order chi connectivity index (χ1) is 12.2. The largest absolute Gasteiger partial charge is 0.481 e. The van der Waals surface area contributed by atoms with Gasteiger partial charge in [-0.2, -0.15) is 0 Å². The van der Waals surface area contributed by atoms with Gasteiger partial charge in [0.15, 0.2) is 6.10 Å². The van der Waals surface area contributed by atoms with Crippen LogP contribution in [0.15, 0.2) is 54.6 Å². The summed E-state index contributed by atoms with van der Waals surface area (Å²) < 4.78 is 5.72. The number of carbonyl (C=O) groups is 1. The number of nitrogens with zero attached hydrogens (tertiary/aromatic N) is 2. The van der Waals surface area contributed by atoms with Gasteiger partial charge in [0, 0.05) is 0 Å². The second kappa shape index (κ2) is 7.90. The minimum absolute atomic E-state index is 0.245. The van der Waals surface area contributed by atoms with Crippen molar-refractivity contribution in [2.75, 3.05) is 5.32 Å². The number of aryl methyl sites for hydroxylation is 1. The lowest BCUT2D eigenvalue weighted by Gasteiger charge is -2.14. The van der Waals surface area contributed by atoms with Gasteiger partial charge in [0.1, 0.15) is 10.8 Å². The van der Waals surface area contributed by atoms with Crippen LogP contribution in [0.5, 0.6) is 5.75 Å². The molecule has 0 aliphatic carbocycles. The van der Waals surface area contributed by atoms with Crippen LogP contribution in [0.2, 0.25) is 0 Å². The molecule has 1 amide bonds. The van der Waals surface area contributed by atoms with Gasteiger partial charge < -0.3 is 4.74 Å². The number of benzene rings is 2. The average molecular weight is 353 g/mol. The van der Waals surface area contributed by atoms with Crippen LogP contribution < -0.4 is 10.1 Å². The molecule has 3 aromatic rings. The van der Waals surface area contributed by atoms with E-state index in [2.05, 4.69) is 27.6 Å². The molecule has 3 rings (SSSR count). The third-order valence-corrected chi connectivity index (χ3v) is 4.63. The van der Waals surface area contributed by atoms with Crippen LogP contribution in [0.25, 0.3) is 11.1 Å². The van der Waals surface area contributed by atoms with Crippen LogP contribution >= 0.6 is 11.3 Å². The topological polar surface area (TPSA) is 64.1 Å². The fourth-order valence-electron chi connectivity index (χ4n) is 2.27. The summed E-state index contributed by atoms with van der Waals surface area (Å²) in [6.07, 6.45) is 0.171. The fourth-order valence-corrected chi connectivity index (χ4v) is 2.95. The van der Waals surface area contributed by atoms with E-state index >= 15 is 0 Å². The van der Waals surface area contributed by atoms with Crippen LogP contribution in [-0.4, -0.2) is 22.2 Å². The summed E-state index contributed by atoms with van der Waals surface area (Å²) in [5, 5.41) is 12.0. The second-order valence-corrected chi connectivity index (χ2v) is 6.56. The van der Waals surface area contributed by atoms with Crippen molar-refractivity contribution in [3.05, 3.63) is 59.6 Å². The molecule has 1 heterocycles. The van der Waals surface area contributed by atoms with E-state index in [0.29, 0.717) is 10.9 Å². The van der Waals surface area contributed by atoms with Crippen molar-refractivity contribution in [3.63, 3.8) is 0 Å². The van der Waals surface area contributed by atoms with Gasteiger partial charge in [-0.05, 0) is 36.6 Å². The first-order valence-electron chi connectivity index (χ1n) is 8.11. The molecule has 1 unspecified atom stereocenters. The number of anilines is 1. The maximum Gasteiger partial charge on any atom is 0.266 e. The van der Waals surface area contributed by atoms with Gasteiger partial charge >= 0.3 is 0 Å². The zero-order valence-corrected chi connectivity index (χ0v) is 14.9. The summed E-state index contributed by atoms with van der Waals surface area (Å²) in [4.78, 5) is 12.2. The number of hydrogen-bond acceptors (Lipinski definition) is 5. The van der Waals surface area contributed by atoms with Crippen molar-refractivity contribution in [1.29, 1.82) is 0 Å². The van der Waals surface area contributed by atoms with Gasteiger partial charge in [-0.15, -0.1) is 10.2 Å². The summed E-state index contributed by atoms with van der Waals surface area (Å²) in [6, 6.07) is 17.8. The molecule has 0 saturated heterocycles. The van der Waals surface area contributed by atoms with Crippen LogP contribution in [0, 0.1) is 0 Å².